The number of carbonyl (C=O) groups excluding carboxylic acids is 2. The summed E-state index contributed by atoms with van der Waals surface area (Å²) in [5.74, 6) is 1.04. The summed E-state index contributed by atoms with van der Waals surface area (Å²) >= 11 is 1.37. The number of anilines is 3. The molecule has 3 aromatic rings. The summed E-state index contributed by atoms with van der Waals surface area (Å²) in [5.41, 5.74) is 3.69. The predicted octanol–water partition coefficient (Wildman–Crippen LogP) is 4.42. The fourth-order valence-corrected chi connectivity index (χ4v) is 5.32. The Bertz CT molecular complexity index is 1200. The molecule has 0 saturated carbocycles. The summed E-state index contributed by atoms with van der Waals surface area (Å²) in [5, 5.41) is 12.6. The molecule has 8 nitrogen and oxygen atoms in total. The summed E-state index contributed by atoms with van der Waals surface area (Å²) < 4.78 is 2.06. The van der Waals surface area contributed by atoms with Crippen LogP contribution in [0, 0.1) is 6.92 Å². The van der Waals surface area contributed by atoms with Gasteiger partial charge in [-0.25, -0.2) is 0 Å². The molecule has 2 fully saturated rings. The van der Waals surface area contributed by atoms with E-state index >= 15 is 0 Å². The van der Waals surface area contributed by atoms with E-state index in [-0.39, 0.29) is 17.6 Å². The molecule has 0 radical (unpaired) electrons. The fourth-order valence-electron chi connectivity index (χ4n) is 4.57. The minimum absolute atomic E-state index is 0.127. The van der Waals surface area contributed by atoms with E-state index in [0.717, 1.165) is 56.2 Å². The highest BCUT2D eigenvalue weighted by Gasteiger charge is 2.23. The summed E-state index contributed by atoms with van der Waals surface area (Å²) in [6.45, 7) is 4.71. The lowest BCUT2D eigenvalue weighted by atomic mass is 10.1. The number of nitrogens with zero attached hydrogens (tertiary/aromatic N) is 5. The van der Waals surface area contributed by atoms with Crippen LogP contribution in [-0.2, 0) is 9.59 Å². The summed E-state index contributed by atoms with van der Waals surface area (Å²) in [6.07, 6.45) is 4.98. The van der Waals surface area contributed by atoms with Gasteiger partial charge in [-0.15, -0.1) is 10.2 Å². The van der Waals surface area contributed by atoms with Crippen molar-refractivity contribution in [2.24, 2.45) is 0 Å². The van der Waals surface area contributed by atoms with Crippen molar-refractivity contribution in [2.45, 2.75) is 44.2 Å². The number of carbonyl (C=O) groups is 2. The highest BCUT2D eigenvalue weighted by molar-refractivity contribution is 7.99. The van der Waals surface area contributed by atoms with Crippen molar-refractivity contribution in [2.75, 3.05) is 40.5 Å². The molecular weight excluding hydrogens is 460 g/mol. The first kappa shape index (κ1) is 23.4. The van der Waals surface area contributed by atoms with Crippen molar-refractivity contribution in [3.8, 4) is 5.69 Å². The van der Waals surface area contributed by atoms with Gasteiger partial charge in [-0.3, -0.25) is 14.2 Å². The molecule has 0 unspecified atom stereocenters. The minimum atomic E-state index is -0.127. The largest absolute Gasteiger partial charge is 0.341 e. The average molecular weight is 491 g/mol. The van der Waals surface area contributed by atoms with Crippen LogP contribution in [0.1, 0.15) is 37.7 Å². The SMILES string of the molecule is Cc1ccc(-n2c(SCC(=O)Nc3cccc(N4CCCC4=O)c3)nnc2N2CCCCC2)cc1. The van der Waals surface area contributed by atoms with Crippen LogP contribution in [0.4, 0.5) is 17.3 Å². The van der Waals surface area contributed by atoms with Crippen molar-refractivity contribution in [3.05, 3.63) is 54.1 Å². The second-order valence-electron chi connectivity index (χ2n) is 9.04. The maximum Gasteiger partial charge on any atom is 0.234 e. The van der Waals surface area contributed by atoms with Crippen molar-refractivity contribution < 1.29 is 9.59 Å². The zero-order valence-corrected chi connectivity index (χ0v) is 20.8. The maximum atomic E-state index is 12.8. The molecule has 1 aromatic heterocycles. The topological polar surface area (TPSA) is 83.4 Å². The van der Waals surface area contributed by atoms with Crippen molar-refractivity contribution >= 4 is 40.9 Å². The van der Waals surface area contributed by atoms with Crippen LogP contribution >= 0.6 is 11.8 Å². The number of piperidine rings is 1. The zero-order chi connectivity index (χ0) is 24.2. The van der Waals surface area contributed by atoms with Gasteiger partial charge in [0.15, 0.2) is 5.16 Å². The van der Waals surface area contributed by atoms with Gasteiger partial charge in [-0.1, -0.05) is 35.5 Å². The molecule has 35 heavy (non-hydrogen) atoms. The molecule has 9 heteroatoms. The third kappa shape index (κ3) is 5.35. The van der Waals surface area contributed by atoms with E-state index in [1.807, 2.05) is 24.3 Å². The fraction of sp³-hybridized carbons (Fsp3) is 0.385. The predicted molar refractivity (Wildman–Crippen MR) is 140 cm³/mol. The molecule has 0 aliphatic carbocycles. The van der Waals surface area contributed by atoms with E-state index < -0.39 is 0 Å². The van der Waals surface area contributed by atoms with Gasteiger partial charge in [-0.05, 0) is 62.9 Å². The molecule has 2 aliphatic rings. The first-order valence-electron chi connectivity index (χ1n) is 12.2. The molecule has 2 aliphatic heterocycles. The lowest BCUT2D eigenvalue weighted by Gasteiger charge is -2.27. The number of rotatable bonds is 7. The number of aromatic nitrogens is 3. The molecule has 0 atom stereocenters. The van der Waals surface area contributed by atoms with Crippen LogP contribution in [0.15, 0.2) is 53.7 Å². The number of amides is 2. The highest BCUT2D eigenvalue weighted by atomic mass is 32.2. The molecule has 2 amide bonds. The second kappa shape index (κ2) is 10.5. The number of benzene rings is 2. The standard InChI is InChI=1S/C26H30N6O2S/c1-19-10-12-21(13-11-19)32-25(30-14-3-2-4-15-30)28-29-26(32)35-18-23(33)27-20-7-5-8-22(17-20)31-16-6-9-24(31)34/h5,7-8,10-13,17H,2-4,6,9,14-16,18H2,1H3,(H,27,33). The lowest BCUT2D eigenvalue weighted by Crippen LogP contribution is -2.31. The second-order valence-corrected chi connectivity index (χ2v) is 9.98. The Hall–Kier alpha value is -3.33. The first-order chi connectivity index (χ1) is 17.1. The van der Waals surface area contributed by atoms with Crippen LogP contribution in [0.2, 0.25) is 0 Å². The summed E-state index contributed by atoms with van der Waals surface area (Å²) in [4.78, 5) is 28.9. The van der Waals surface area contributed by atoms with E-state index in [9.17, 15) is 9.59 Å². The Kier molecular flexibility index (Phi) is 7.03. The van der Waals surface area contributed by atoms with Gasteiger partial charge in [0, 0.05) is 37.4 Å². The summed E-state index contributed by atoms with van der Waals surface area (Å²) in [6, 6.07) is 15.8. The Morgan fingerprint density at radius 3 is 2.51 bits per heavy atom. The quantitative estimate of drug-likeness (QED) is 0.494. The molecule has 1 N–H and O–H groups in total. The summed E-state index contributed by atoms with van der Waals surface area (Å²) in [7, 11) is 0. The van der Waals surface area contributed by atoms with Crippen LogP contribution in [0.3, 0.4) is 0 Å². The highest BCUT2D eigenvalue weighted by Crippen LogP contribution is 2.29. The molecule has 5 rings (SSSR count). The number of hydrogen-bond acceptors (Lipinski definition) is 6. The lowest BCUT2D eigenvalue weighted by molar-refractivity contribution is -0.117. The van der Waals surface area contributed by atoms with Crippen LogP contribution in [-0.4, -0.2) is 52.0 Å². The van der Waals surface area contributed by atoms with Crippen molar-refractivity contribution in [1.29, 1.82) is 0 Å². The van der Waals surface area contributed by atoms with Crippen LogP contribution in [0.25, 0.3) is 5.69 Å². The number of nitrogens with one attached hydrogen (secondary N) is 1. The Labute approximate surface area is 209 Å². The molecule has 2 aromatic carbocycles. The van der Waals surface area contributed by atoms with E-state index in [4.69, 9.17) is 0 Å². The minimum Gasteiger partial charge on any atom is -0.341 e. The third-order valence-corrected chi connectivity index (χ3v) is 7.32. The molecule has 0 bridgehead atoms. The molecule has 2 saturated heterocycles. The van der Waals surface area contributed by atoms with Gasteiger partial charge in [0.1, 0.15) is 0 Å². The zero-order valence-electron chi connectivity index (χ0n) is 19.9. The molecular formula is C26H30N6O2S. The van der Waals surface area contributed by atoms with Gasteiger partial charge >= 0.3 is 0 Å². The van der Waals surface area contributed by atoms with Gasteiger partial charge in [0.2, 0.25) is 17.8 Å². The monoisotopic (exact) mass is 490 g/mol. The number of aryl methyl sites for hydroxylation is 1. The van der Waals surface area contributed by atoms with Crippen molar-refractivity contribution in [1.82, 2.24) is 14.8 Å². The van der Waals surface area contributed by atoms with Crippen molar-refractivity contribution in [3.63, 3.8) is 0 Å². The Balaban J connectivity index is 1.30. The number of hydrogen-bond donors (Lipinski definition) is 1. The van der Waals surface area contributed by atoms with Gasteiger partial charge in [-0.2, -0.15) is 0 Å². The van der Waals surface area contributed by atoms with E-state index in [1.54, 1.807) is 4.90 Å². The van der Waals surface area contributed by atoms with Gasteiger partial charge < -0.3 is 15.1 Å². The van der Waals surface area contributed by atoms with E-state index in [1.165, 1.54) is 23.7 Å². The van der Waals surface area contributed by atoms with Gasteiger partial charge in [0.05, 0.1) is 11.4 Å². The molecule has 182 valence electrons. The van der Waals surface area contributed by atoms with Gasteiger partial charge in [0.25, 0.3) is 0 Å². The normalized spacial score (nSPS) is 16.1. The Morgan fingerprint density at radius 1 is 0.971 bits per heavy atom. The molecule has 0 spiro atoms. The van der Waals surface area contributed by atoms with Crippen LogP contribution < -0.4 is 15.1 Å². The average Bonchev–Trinajstić information content (AvgIpc) is 3.50. The third-order valence-electron chi connectivity index (χ3n) is 6.39. The van der Waals surface area contributed by atoms with E-state index in [2.05, 4.69) is 56.2 Å². The van der Waals surface area contributed by atoms with Crippen LogP contribution in [0.5, 0.6) is 0 Å². The molecule has 3 heterocycles. The van der Waals surface area contributed by atoms with E-state index in [0.29, 0.717) is 17.3 Å². The first-order valence-corrected chi connectivity index (χ1v) is 13.2. The maximum absolute atomic E-state index is 12.8. The number of thioether (sulfide) groups is 1. The smallest absolute Gasteiger partial charge is 0.234 e. The Morgan fingerprint density at radius 2 is 1.77 bits per heavy atom.